The molecule has 1 atom stereocenters. The fourth-order valence-corrected chi connectivity index (χ4v) is 4.96. The van der Waals surface area contributed by atoms with Gasteiger partial charge in [0.05, 0.1) is 12.7 Å². The van der Waals surface area contributed by atoms with Gasteiger partial charge in [0.25, 0.3) is 10.0 Å². The molecule has 1 heterocycles. The Morgan fingerprint density at radius 1 is 1.05 bits per heavy atom. The third-order valence-corrected chi connectivity index (χ3v) is 7.04. The number of hydrogen-bond donors (Lipinski definition) is 3. The van der Waals surface area contributed by atoms with Crippen LogP contribution in [0.4, 0.5) is 5.69 Å². The molecule has 0 spiro atoms. The van der Waals surface area contributed by atoms with Gasteiger partial charge >= 0.3 is 5.97 Å². The first-order valence-corrected chi connectivity index (χ1v) is 13.2. The largest absolute Gasteiger partial charge is 0.493 e. The van der Waals surface area contributed by atoms with Gasteiger partial charge in [0.15, 0.2) is 0 Å². The third-order valence-electron chi connectivity index (χ3n) is 5.64. The average molecular weight is 522 g/mol. The molecule has 37 heavy (non-hydrogen) atoms. The van der Waals surface area contributed by atoms with Crippen LogP contribution >= 0.6 is 0 Å². The number of aliphatic hydroxyl groups excluding tert-OH is 1. The number of benzene rings is 3. The minimum atomic E-state index is -3.86. The molecular weight excluding hydrogens is 494 g/mol. The molecule has 3 N–H and O–H groups in total. The molecule has 9 heteroatoms. The van der Waals surface area contributed by atoms with Crippen LogP contribution in [0.3, 0.4) is 0 Å². The van der Waals surface area contributed by atoms with Crippen LogP contribution in [0.5, 0.6) is 5.75 Å². The second-order valence-corrected chi connectivity index (χ2v) is 10.0. The Balaban J connectivity index is 1.34. The highest BCUT2D eigenvalue weighted by molar-refractivity contribution is 7.93. The molecule has 0 radical (unpaired) electrons. The lowest BCUT2D eigenvalue weighted by atomic mass is 10.1. The summed E-state index contributed by atoms with van der Waals surface area (Å²) in [4.78, 5) is 10.9. The molecule has 192 valence electrons. The highest BCUT2D eigenvalue weighted by atomic mass is 32.2. The van der Waals surface area contributed by atoms with Gasteiger partial charge in [0, 0.05) is 23.9 Å². The molecule has 4 rings (SSSR count). The lowest BCUT2D eigenvalue weighted by molar-refractivity contribution is -0.136. The number of aliphatic hydroxyl groups is 1. The molecule has 0 saturated heterocycles. The van der Waals surface area contributed by atoms with E-state index in [-0.39, 0.29) is 17.9 Å². The van der Waals surface area contributed by atoms with E-state index >= 15 is 0 Å². The molecule has 0 aliphatic heterocycles. The van der Waals surface area contributed by atoms with Crippen LogP contribution in [0, 0.1) is 0 Å². The Morgan fingerprint density at radius 2 is 1.84 bits per heavy atom. The van der Waals surface area contributed by atoms with E-state index in [2.05, 4.69) is 4.72 Å². The quantitative estimate of drug-likeness (QED) is 0.237. The van der Waals surface area contributed by atoms with Crippen molar-refractivity contribution in [1.82, 2.24) is 0 Å². The summed E-state index contributed by atoms with van der Waals surface area (Å²) >= 11 is 0. The van der Waals surface area contributed by atoms with E-state index < -0.39 is 22.1 Å². The van der Waals surface area contributed by atoms with Crippen LogP contribution < -0.4 is 9.46 Å². The van der Waals surface area contributed by atoms with E-state index in [1.165, 1.54) is 6.26 Å². The number of nitrogens with one attached hydrogen (secondary N) is 1. The Hall–Kier alpha value is -4.08. The lowest BCUT2D eigenvalue weighted by Crippen LogP contribution is -2.12. The molecule has 0 fully saturated rings. The molecule has 3 aromatic carbocycles. The van der Waals surface area contributed by atoms with E-state index in [1.54, 1.807) is 66.7 Å². The summed E-state index contributed by atoms with van der Waals surface area (Å²) in [5, 5.41) is 19.8. The van der Waals surface area contributed by atoms with Crippen LogP contribution in [0.1, 0.15) is 24.0 Å². The van der Waals surface area contributed by atoms with Crippen molar-refractivity contribution in [2.75, 3.05) is 11.3 Å². The fourth-order valence-electron chi connectivity index (χ4n) is 3.78. The molecule has 1 unspecified atom stereocenters. The van der Waals surface area contributed by atoms with Gasteiger partial charge in [-0.15, -0.1) is 0 Å². The Kier molecular flexibility index (Phi) is 8.27. The van der Waals surface area contributed by atoms with Gasteiger partial charge in [-0.25, -0.2) is 8.42 Å². The monoisotopic (exact) mass is 521 g/mol. The molecule has 0 aliphatic rings. The lowest BCUT2D eigenvalue weighted by Gasteiger charge is -2.12. The second-order valence-electron chi connectivity index (χ2n) is 8.39. The van der Waals surface area contributed by atoms with E-state index in [1.807, 2.05) is 18.2 Å². The number of sulfonamides is 1. The van der Waals surface area contributed by atoms with Gasteiger partial charge in [0.2, 0.25) is 0 Å². The zero-order valence-corrected chi connectivity index (χ0v) is 20.7. The number of hydrogen-bond acceptors (Lipinski definition) is 6. The van der Waals surface area contributed by atoms with Crippen molar-refractivity contribution in [3.05, 3.63) is 96.3 Å². The molecule has 0 saturated carbocycles. The molecule has 8 nitrogen and oxygen atoms in total. The molecule has 4 aromatic rings. The van der Waals surface area contributed by atoms with Gasteiger partial charge < -0.3 is 19.4 Å². The number of fused-ring (bicyclic) bond motifs is 1. The number of carboxylic acids is 1. The normalized spacial score (nSPS) is 12.6. The van der Waals surface area contributed by atoms with E-state index in [0.717, 1.165) is 5.56 Å². The number of furan rings is 1. The summed E-state index contributed by atoms with van der Waals surface area (Å²) in [5.74, 6) is -0.271. The summed E-state index contributed by atoms with van der Waals surface area (Å²) in [6.07, 6.45) is 4.45. The van der Waals surface area contributed by atoms with Crippen LogP contribution in [-0.2, 0) is 21.2 Å². The number of rotatable bonds is 12. The number of aliphatic carboxylic acids is 1. The second kappa shape index (κ2) is 11.8. The van der Waals surface area contributed by atoms with Crippen molar-refractivity contribution in [2.45, 2.75) is 30.3 Å². The maximum absolute atomic E-state index is 12.9. The summed E-state index contributed by atoms with van der Waals surface area (Å²) < 4.78 is 39.5. The maximum Gasteiger partial charge on any atom is 0.303 e. The van der Waals surface area contributed by atoms with Gasteiger partial charge in [0.1, 0.15) is 22.5 Å². The summed E-state index contributed by atoms with van der Waals surface area (Å²) in [6.45, 7) is 0.244. The molecule has 1 aromatic heterocycles. The van der Waals surface area contributed by atoms with E-state index in [9.17, 15) is 18.3 Å². The van der Waals surface area contributed by atoms with Crippen LogP contribution in [0.2, 0.25) is 0 Å². The van der Waals surface area contributed by atoms with Crippen LogP contribution in [0.15, 0.2) is 94.4 Å². The predicted octanol–water partition coefficient (Wildman–Crippen LogP) is 5.09. The fraction of sp³-hybridized carbons (Fsp3) is 0.179. The van der Waals surface area contributed by atoms with Crippen molar-refractivity contribution in [3.63, 3.8) is 0 Å². The summed E-state index contributed by atoms with van der Waals surface area (Å²) in [6, 6.07) is 21.0. The third kappa shape index (κ3) is 6.99. The van der Waals surface area contributed by atoms with Gasteiger partial charge in [-0.3, -0.25) is 9.52 Å². The number of ether oxygens (including phenoxy) is 1. The van der Waals surface area contributed by atoms with Crippen molar-refractivity contribution in [3.8, 4) is 5.75 Å². The van der Waals surface area contributed by atoms with Crippen LogP contribution in [-0.4, -0.2) is 37.3 Å². The average Bonchev–Trinajstić information content (AvgIpc) is 3.32. The molecular formula is C28H27NO7S. The van der Waals surface area contributed by atoms with Crippen molar-refractivity contribution in [2.24, 2.45) is 0 Å². The zero-order chi connectivity index (χ0) is 26.3. The molecule has 0 amide bonds. The summed E-state index contributed by atoms with van der Waals surface area (Å²) in [7, 11) is -3.86. The Labute approximate surface area is 214 Å². The first-order chi connectivity index (χ1) is 17.8. The van der Waals surface area contributed by atoms with Gasteiger partial charge in [-0.05, 0) is 47.9 Å². The van der Waals surface area contributed by atoms with E-state index in [0.29, 0.717) is 40.8 Å². The number of anilines is 1. The minimum Gasteiger partial charge on any atom is -0.493 e. The topological polar surface area (TPSA) is 126 Å². The van der Waals surface area contributed by atoms with Gasteiger partial charge in [-0.1, -0.05) is 54.6 Å². The number of carboxylic acid groups (broad SMARTS) is 1. The Bertz CT molecular complexity index is 1510. The predicted molar refractivity (Wildman–Crippen MR) is 141 cm³/mol. The maximum atomic E-state index is 12.9. The number of aryl methyl sites for hydroxylation is 1. The van der Waals surface area contributed by atoms with Gasteiger partial charge in [-0.2, -0.15) is 0 Å². The van der Waals surface area contributed by atoms with E-state index in [4.69, 9.17) is 14.3 Å². The van der Waals surface area contributed by atoms with Crippen molar-refractivity contribution >= 4 is 38.7 Å². The number of para-hydroxylation sites is 2. The molecule has 0 aliphatic carbocycles. The SMILES string of the molecule is O=C(O)CCc1ccccc1OCCC(O)/C=C/c1cccc(NS(=O)(=O)c2coc3ccccc23)c1. The highest BCUT2D eigenvalue weighted by Crippen LogP contribution is 2.27. The van der Waals surface area contributed by atoms with Crippen molar-refractivity contribution in [1.29, 1.82) is 0 Å². The first kappa shape index (κ1) is 26.0. The number of carbonyl (C=O) groups is 1. The highest BCUT2D eigenvalue weighted by Gasteiger charge is 2.20. The Morgan fingerprint density at radius 3 is 2.68 bits per heavy atom. The minimum absolute atomic E-state index is 0.0135. The summed E-state index contributed by atoms with van der Waals surface area (Å²) in [5.41, 5.74) is 2.37. The smallest absolute Gasteiger partial charge is 0.303 e. The zero-order valence-electron chi connectivity index (χ0n) is 19.9. The van der Waals surface area contributed by atoms with Crippen molar-refractivity contribution < 1.29 is 32.6 Å². The molecule has 0 bridgehead atoms. The first-order valence-electron chi connectivity index (χ1n) is 11.7. The standard InChI is InChI=1S/C28H27NO7S/c30-23(16-17-35-25-10-3-1-7-21(25)13-15-28(31)32)14-12-20-6-5-8-22(18-20)29-37(33,34)27-19-36-26-11-4-2-9-24(26)27/h1-12,14,18-19,23,29-30H,13,15-17H2,(H,31,32)/b14-12+. The van der Waals surface area contributed by atoms with Crippen LogP contribution in [0.25, 0.3) is 17.0 Å².